The van der Waals surface area contributed by atoms with Crippen LogP contribution in [0.4, 0.5) is 10.8 Å². The minimum Gasteiger partial charge on any atom is -0.495 e. The number of hydrogen-bond donors (Lipinski definition) is 0. The molecule has 31 heavy (non-hydrogen) atoms. The van der Waals surface area contributed by atoms with Crippen LogP contribution in [-0.4, -0.2) is 28.2 Å². The van der Waals surface area contributed by atoms with Crippen molar-refractivity contribution in [1.82, 2.24) is 15.2 Å². The van der Waals surface area contributed by atoms with Crippen LogP contribution in [0.5, 0.6) is 5.75 Å². The van der Waals surface area contributed by atoms with Gasteiger partial charge in [-0.1, -0.05) is 42.1 Å². The summed E-state index contributed by atoms with van der Waals surface area (Å²) < 4.78 is 11.2. The average Bonchev–Trinajstić information content (AvgIpc) is 3.43. The molecule has 9 heteroatoms. The third-order valence-corrected chi connectivity index (χ3v) is 6.22. The van der Waals surface area contributed by atoms with Crippen LogP contribution in [0.1, 0.15) is 18.2 Å². The maximum atomic E-state index is 12.4. The predicted molar refractivity (Wildman–Crippen MR) is 122 cm³/mol. The second-order valence-electron chi connectivity index (χ2n) is 6.62. The number of nitrogens with zero attached hydrogens (tertiary/aromatic N) is 4. The molecule has 0 radical (unpaired) electrons. The van der Waals surface area contributed by atoms with Crippen molar-refractivity contribution in [2.45, 2.75) is 24.8 Å². The standard InChI is InChI=1S/C22H20N4O3S2/c1-14-8-4-5-9-17(14)20-24-25-22(29-20)31-13-16-12-30-21(23-16)26(15(2)27)18-10-6-7-11-19(18)28-3/h4-12H,13H2,1-3H3. The molecular weight excluding hydrogens is 432 g/mol. The molecular formula is C22H20N4O3S2. The number of amides is 1. The Kier molecular flexibility index (Phi) is 6.34. The summed E-state index contributed by atoms with van der Waals surface area (Å²) in [5.41, 5.74) is 3.48. The summed E-state index contributed by atoms with van der Waals surface area (Å²) in [5, 5.41) is 11.3. The molecule has 0 N–H and O–H groups in total. The number of carbonyl (C=O) groups excluding carboxylic acids is 1. The van der Waals surface area contributed by atoms with Gasteiger partial charge in [-0.15, -0.1) is 21.5 Å². The highest BCUT2D eigenvalue weighted by Gasteiger charge is 2.21. The van der Waals surface area contributed by atoms with Gasteiger partial charge in [-0.05, 0) is 30.7 Å². The Hall–Kier alpha value is -3.17. The van der Waals surface area contributed by atoms with Gasteiger partial charge in [0.05, 0.1) is 18.5 Å². The van der Waals surface area contributed by atoms with Crippen molar-refractivity contribution >= 4 is 39.8 Å². The van der Waals surface area contributed by atoms with E-state index in [9.17, 15) is 4.79 Å². The van der Waals surface area contributed by atoms with Gasteiger partial charge in [0.15, 0.2) is 5.13 Å². The number of thioether (sulfide) groups is 1. The minimum atomic E-state index is -0.141. The fraction of sp³-hybridized carbons (Fsp3) is 0.182. The molecule has 0 saturated carbocycles. The summed E-state index contributed by atoms with van der Waals surface area (Å²) in [5.74, 6) is 1.51. The lowest BCUT2D eigenvalue weighted by atomic mass is 10.1. The lowest BCUT2D eigenvalue weighted by molar-refractivity contribution is -0.115. The van der Waals surface area contributed by atoms with Gasteiger partial charge < -0.3 is 9.15 Å². The molecule has 4 rings (SSSR count). The molecule has 4 aromatic rings. The second kappa shape index (κ2) is 9.32. The van der Waals surface area contributed by atoms with Crippen LogP contribution in [0.15, 0.2) is 63.6 Å². The van der Waals surface area contributed by atoms with Crippen LogP contribution < -0.4 is 9.64 Å². The molecule has 2 heterocycles. The molecule has 0 bridgehead atoms. The highest BCUT2D eigenvalue weighted by Crippen LogP contribution is 2.36. The predicted octanol–water partition coefficient (Wildman–Crippen LogP) is 5.49. The van der Waals surface area contributed by atoms with Crippen LogP contribution in [0.25, 0.3) is 11.5 Å². The largest absolute Gasteiger partial charge is 0.495 e. The first-order valence-electron chi connectivity index (χ1n) is 9.47. The van der Waals surface area contributed by atoms with Gasteiger partial charge >= 0.3 is 0 Å². The summed E-state index contributed by atoms with van der Waals surface area (Å²) in [7, 11) is 1.58. The number of aryl methyl sites for hydroxylation is 1. The molecule has 0 aliphatic carbocycles. The van der Waals surface area contributed by atoms with E-state index >= 15 is 0 Å². The quantitative estimate of drug-likeness (QED) is 0.343. The number of methoxy groups -OCH3 is 1. The molecule has 0 atom stereocenters. The van der Waals surface area contributed by atoms with Crippen LogP contribution in [0.2, 0.25) is 0 Å². The van der Waals surface area contributed by atoms with Crippen LogP contribution >= 0.6 is 23.1 Å². The number of anilines is 2. The molecule has 0 aliphatic heterocycles. The number of rotatable bonds is 7. The van der Waals surface area contributed by atoms with E-state index in [1.807, 2.05) is 60.8 Å². The number of benzene rings is 2. The normalized spacial score (nSPS) is 10.8. The lowest BCUT2D eigenvalue weighted by Crippen LogP contribution is -2.23. The zero-order valence-corrected chi connectivity index (χ0v) is 18.9. The summed E-state index contributed by atoms with van der Waals surface area (Å²) in [6.45, 7) is 3.51. The second-order valence-corrected chi connectivity index (χ2v) is 8.39. The lowest BCUT2D eigenvalue weighted by Gasteiger charge is -2.20. The molecule has 2 aromatic carbocycles. The average molecular weight is 453 g/mol. The van der Waals surface area contributed by atoms with Gasteiger partial charge in [0.25, 0.3) is 5.22 Å². The third kappa shape index (κ3) is 4.62. The Morgan fingerprint density at radius 1 is 1.16 bits per heavy atom. The van der Waals surface area contributed by atoms with E-state index in [-0.39, 0.29) is 5.91 Å². The number of ether oxygens (including phenoxy) is 1. The molecule has 0 saturated heterocycles. The molecule has 158 valence electrons. The van der Waals surface area contributed by atoms with Crippen molar-refractivity contribution in [1.29, 1.82) is 0 Å². The summed E-state index contributed by atoms with van der Waals surface area (Å²) in [4.78, 5) is 18.6. The number of aromatic nitrogens is 3. The Labute approximate surface area is 188 Å². The summed E-state index contributed by atoms with van der Waals surface area (Å²) in [6, 6.07) is 15.3. The first-order chi connectivity index (χ1) is 15.1. The van der Waals surface area contributed by atoms with Crippen molar-refractivity contribution in [2.24, 2.45) is 0 Å². The fourth-order valence-corrected chi connectivity index (χ4v) is 4.65. The third-order valence-electron chi connectivity index (χ3n) is 4.50. The Morgan fingerprint density at radius 2 is 1.94 bits per heavy atom. The topological polar surface area (TPSA) is 81.4 Å². The van der Waals surface area contributed by atoms with E-state index in [0.29, 0.717) is 33.4 Å². The zero-order chi connectivity index (χ0) is 21.8. The molecule has 0 unspecified atom stereocenters. The van der Waals surface area contributed by atoms with Gasteiger partial charge in [-0.25, -0.2) is 4.98 Å². The van der Waals surface area contributed by atoms with Crippen LogP contribution in [0.3, 0.4) is 0 Å². The maximum absolute atomic E-state index is 12.4. The Morgan fingerprint density at radius 3 is 2.71 bits per heavy atom. The van der Waals surface area contributed by atoms with Crippen molar-refractivity contribution in [2.75, 3.05) is 12.0 Å². The number of carbonyl (C=O) groups is 1. The maximum Gasteiger partial charge on any atom is 0.277 e. The molecule has 0 aliphatic rings. The molecule has 0 fully saturated rings. The van der Waals surface area contributed by atoms with Crippen molar-refractivity contribution in [3.8, 4) is 17.2 Å². The van der Waals surface area contributed by atoms with Gasteiger partial charge in [0, 0.05) is 23.6 Å². The smallest absolute Gasteiger partial charge is 0.277 e. The van der Waals surface area contributed by atoms with Gasteiger partial charge in [0.2, 0.25) is 11.8 Å². The number of thiazole rings is 1. The summed E-state index contributed by atoms with van der Waals surface area (Å²) >= 11 is 2.81. The van der Waals surface area contributed by atoms with Gasteiger partial charge in [-0.2, -0.15) is 0 Å². The van der Waals surface area contributed by atoms with E-state index < -0.39 is 0 Å². The Balaban J connectivity index is 1.49. The highest BCUT2D eigenvalue weighted by atomic mass is 32.2. The minimum absolute atomic E-state index is 0.141. The van der Waals surface area contributed by atoms with Crippen molar-refractivity contribution in [3.63, 3.8) is 0 Å². The van der Waals surface area contributed by atoms with Gasteiger partial charge in [0.1, 0.15) is 5.75 Å². The first kappa shape index (κ1) is 21.1. The fourth-order valence-electron chi connectivity index (χ4n) is 3.01. The monoisotopic (exact) mass is 452 g/mol. The van der Waals surface area contributed by atoms with E-state index in [2.05, 4.69) is 15.2 Å². The molecule has 0 spiro atoms. The molecule has 2 aromatic heterocycles. The molecule has 1 amide bonds. The van der Waals surface area contributed by atoms with Gasteiger partial charge in [-0.3, -0.25) is 9.69 Å². The zero-order valence-electron chi connectivity index (χ0n) is 17.2. The van der Waals surface area contributed by atoms with Crippen LogP contribution in [-0.2, 0) is 10.5 Å². The number of para-hydroxylation sites is 2. The van der Waals surface area contributed by atoms with E-state index in [4.69, 9.17) is 9.15 Å². The summed E-state index contributed by atoms with van der Waals surface area (Å²) in [6.07, 6.45) is 0. The SMILES string of the molecule is COc1ccccc1N(C(C)=O)c1nc(CSc2nnc(-c3ccccc3C)o2)cs1. The van der Waals surface area contributed by atoms with E-state index in [1.165, 1.54) is 30.0 Å². The first-order valence-corrected chi connectivity index (χ1v) is 11.3. The van der Waals surface area contributed by atoms with E-state index in [0.717, 1.165) is 16.8 Å². The number of hydrogen-bond acceptors (Lipinski definition) is 8. The molecule has 7 nitrogen and oxygen atoms in total. The highest BCUT2D eigenvalue weighted by molar-refractivity contribution is 7.98. The van der Waals surface area contributed by atoms with Crippen molar-refractivity contribution in [3.05, 3.63) is 65.2 Å². The Bertz CT molecular complexity index is 1200. The van der Waals surface area contributed by atoms with Crippen LogP contribution in [0, 0.1) is 6.92 Å². The van der Waals surface area contributed by atoms with Crippen molar-refractivity contribution < 1.29 is 13.9 Å². The van der Waals surface area contributed by atoms with E-state index in [1.54, 1.807) is 12.0 Å².